The zero-order valence-corrected chi connectivity index (χ0v) is 14.4. The van der Waals surface area contributed by atoms with Gasteiger partial charge in [0.05, 0.1) is 23.5 Å². The van der Waals surface area contributed by atoms with E-state index in [0.717, 1.165) is 30.7 Å². The molecule has 130 valence electrons. The summed E-state index contributed by atoms with van der Waals surface area (Å²) in [6, 6.07) is 7.50. The van der Waals surface area contributed by atoms with Crippen LogP contribution in [0.15, 0.2) is 33.6 Å². The van der Waals surface area contributed by atoms with Gasteiger partial charge >= 0.3 is 0 Å². The van der Waals surface area contributed by atoms with Gasteiger partial charge in [-0.3, -0.25) is 9.69 Å². The third-order valence-electron chi connectivity index (χ3n) is 4.63. The molecular weight excluding hydrogens is 318 g/mol. The first-order valence-corrected chi connectivity index (χ1v) is 8.67. The summed E-state index contributed by atoms with van der Waals surface area (Å²) in [5.41, 5.74) is 0.622. The average Bonchev–Trinajstić information content (AvgIpc) is 3.24. The molecule has 0 spiro atoms. The van der Waals surface area contributed by atoms with Gasteiger partial charge in [0.25, 0.3) is 5.56 Å². The zero-order valence-electron chi connectivity index (χ0n) is 14.4. The van der Waals surface area contributed by atoms with E-state index in [-0.39, 0.29) is 17.5 Å². The van der Waals surface area contributed by atoms with Crippen molar-refractivity contribution in [2.75, 3.05) is 6.54 Å². The lowest BCUT2D eigenvalue weighted by Gasteiger charge is -2.21. The van der Waals surface area contributed by atoms with Gasteiger partial charge in [-0.25, -0.2) is 4.98 Å². The Balaban J connectivity index is 1.60. The lowest BCUT2D eigenvalue weighted by molar-refractivity contribution is 0.228. The molecule has 1 fully saturated rings. The summed E-state index contributed by atoms with van der Waals surface area (Å²) in [6.45, 7) is 5.56. The molecule has 1 saturated heterocycles. The van der Waals surface area contributed by atoms with Gasteiger partial charge in [-0.2, -0.15) is 4.98 Å². The van der Waals surface area contributed by atoms with Crippen molar-refractivity contribution >= 4 is 10.9 Å². The average molecular weight is 339 g/mol. The SMILES string of the molecule is CC(C)c1nc(C2CCCN2Cc2nc3ccccc3c(=O)[nH]2)no1. The number of nitrogens with one attached hydrogen (secondary N) is 1. The summed E-state index contributed by atoms with van der Waals surface area (Å²) >= 11 is 0. The van der Waals surface area contributed by atoms with Gasteiger partial charge in [-0.05, 0) is 31.5 Å². The maximum atomic E-state index is 12.2. The maximum Gasteiger partial charge on any atom is 0.258 e. The summed E-state index contributed by atoms with van der Waals surface area (Å²) < 4.78 is 5.35. The van der Waals surface area contributed by atoms with Crippen LogP contribution in [-0.2, 0) is 6.54 Å². The molecular formula is C18H21N5O2. The Morgan fingerprint density at radius 3 is 2.96 bits per heavy atom. The molecule has 0 aliphatic carbocycles. The van der Waals surface area contributed by atoms with E-state index in [0.29, 0.717) is 23.6 Å². The van der Waals surface area contributed by atoms with Gasteiger partial charge in [0.2, 0.25) is 5.89 Å². The fourth-order valence-electron chi connectivity index (χ4n) is 3.33. The fourth-order valence-corrected chi connectivity index (χ4v) is 3.33. The van der Waals surface area contributed by atoms with Crippen LogP contribution in [0, 0.1) is 0 Å². The van der Waals surface area contributed by atoms with Crippen LogP contribution in [0.5, 0.6) is 0 Å². The van der Waals surface area contributed by atoms with E-state index in [1.165, 1.54) is 0 Å². The van der Waals surface area contributed by atoms with E-state index < -0.39 is 0 Å². The van der Waals surface area contributed by atoms with Crippen molar-refractivity contribution in [3.8, 4) is 0 Å². The normalized spacial score (nSPS) is 18.4. The molecule has 1 aliphatic heterocycles. The van der Waals surface area contributed by atoms with E-state index in [9.17, 15) is 4.79 Å². The molecule has 0 radical (unpaired) electrons. The largest absolute Gasteiger partial charge is 0.339 e. The Kier molecular flexibility index (Phi) is 4.09. The van der Waals surface area contributed by atoms with Crippen molar-refractivity contribution in [1.29, 1.82) is 0 Å². The van der Waals surface area contributed by atoms with Crippen LogP contribution < -0.4 is 5.56 Å². The summed E-state index contributed by atoms with van der Waals surface area (Å²) in [4.78, 5) is 26.5. The van der Waals surface area contributed by atoms with E-state index in [2.05, 4.69) is 25.0 Å². The molecule has 25 heavy (non-hydrogen) atoms. The molecule has 3 heterocycles. The number of fused-ring (bicyclic) bond motifs is 1. The Labute approximate surface area is 145 Å². The molecule has 1 atom stereocenters. The molecule has 1 unspecified atom stereocenters. The lowest BCUT2D eigenvalue weighted by Crippen LogP contribution is -2.26. The number of likely N-dealkylation sites (tertiary alicyclic amines) is 1. The molecule has 2 aromatic heterocycles. The van der Waals surface area contributed by atoms with Crippen molar-refractivity contribution in [3.05, 3.63) is 52.2 Å². The van der Waals surface area contributed by atoms with E-state index >= 15 is 0 Å². The molecule has 7 heteroatoms. The minimum absolute atomic E-state index is 0.0991. The van der Waals surface area contributed by atoms with Crippen LogP contribution in [-0.4, -0.2) is 31.6 Å². The second-order valence-corrected chi connectivity index (χ2v) is 6.80. The van der Waals surface area contributed by atoms with Crippen LogP contribution in [0.2, 0.25) is 0 Å². The molecule has 0 saturated carbocycles. The monoisotopic (exact) mass is 339 g/mol. The van der Waals surface area contributed by atoms with Crippen LogP contribution >= 0.6 is 0 Å². The first kappa shape index (κ1) is 16.0. The number of hydrogen-bond donors (Lipinski definition) is 1. The lowest BCUT2D eigenvalue weighted by atomic mass is 10.2. The molecule has 0 amide bonds. The van der Waals surface area contributed by atoms with Crippen LogP contribution in [0.1, 0.15) is 56.2 Å². The first-order valence-electron chi connectivity index (χ1n) is 8.67. The van der Waals surface area contributed by atoms with Crippen molar-refractivity contribution < 1.29 is 4.52 Å². The molecule has 3 aromatic rings. The highest BCUT2D eigenvalue weighted by Gasteiger charge is 2.30. The minimum Gasteiger partial charge on any atom is -0.339 e. The number of hydrogen-bond acceptors (Lipinski definition) is 6. The highest BCUT2D eigenvalue weighted by molar-refractivity contribution is 5.77. The quantitative estimate of drug-likeness (QED) is 0.786. The summed E-state index contributed by atoms with van der Waals surface area (Å²) in [5.74, 6) is 2.28. The molecule has 1 N–H and O–H groups in total. The topological polar surface area (TPSA) is 87.9 Å². The predicted molar refractivity (Wildman–Crippen MR) is 93.1 cm³/mol. The maximum absolute atomic E-state index is 12.2. The molecule has 1 aliphatic rings. The first-order chi connectivity index (χ1) is 12.1. The smallest absolute Gasteiger partial charge is 0.258 e. The van der Waals surface area contributed by atoms with E-state index in [1.807, 2.05) is 32.0 Å². The minimum atomic E-state index is -0.0991. The van der Waals surface area contributed by atoms with Gasteiger partial charge in [0, 0.05) is 5.92 Å². The van der Waals surface area contributed by atoms with Gasteiger partial charge in [0.15, 0.2) is 5.82 Å². The van der Waals surface area contributed by atoms with Crippen molar-refractivity contribution in [2.45, 2.75) is 45.2 Å². The van der Waals surface area contributed by atoms with E-state index in [4.69, 9.17) is 4.52 Å². The van der Waals surface area contributed by atoms with Crippen LogP contribution in [0.25, 0.3) is 10.9 Å². The second kappa shape index (κ2) is 6.40. The van der Waals surface area contributed by atoms with Gasteiger partial charge in [-0.1, -0.05) is 31.1 Å². The Morgan fingerprint density at radius 2 is 2.16 bits per heavy atom. The standard InChI is InChI=1S/C18H21N5O2/c1-11(2)18-21-16(22-25-18)14-8-5-9-23(14)10-15-19-13-7-4-3-6-12(13)17(24)20-15/h3-4,6-7,11,14H,5,8-10H2,1-2H3,(H,19,20,24). The Bertz CT molecular complexity index is 946. The number of para-hydroxylation sites is 1. The highest BCUT2D eigenvalue weighted by atomic mass is 16.5. The number of aromatic nitrogens is 4. The van der Waals surface area contributed by atoms with Gasteiger partial charge < -0.3 is 9.51 Å². The zero-order chi connectivity index (χ0) is 17.4. The molecule has 1 aromatic carbocycles. The molecule has 4 rings (SSSR count). The number of rotatable bonds is 4. The third kappa shape index (κ3) is 3.07. The van der Waals surface area contributed by atoms with Crippen molar-refractivity contribution in [2.24, 2.45) is 0 Å². The molecule has 0 bridgehead atoms. The van der Waals surface area contributed by atoms with Crippen LogP contribution in [0.4, 0.5) is 0 Å². The molecule has 7 nitrogen and oxygen atoms in total. The van der Waals surface area contributed by atoms with Crippen LogP contribution in [0.3, 0.4) is 0 Å². The van der Waals surface area contributed by atoms with Crippen molar-refractivity contribution in [1.82, 2.24) is 25.0 Å². The Hall–Kier alpha value is -2.54. The number of benzene rings is 1. The second-order valence-electron chi connectivity index (χ2n) is 6.80. The third-order valence-corrected chi connectivity index (χ3v) is 4.63. The number of aromatic amines is 1. The summed E-state index contributed by atoms with van der Waals surface area (Å²) in [6.07, 6.45) is 2.04. The summed E-state index contributed by atoms with van der Waals surface area (Å²) in [7, 11) is 0. The van der Waals surface area contributed by atoms with Crippen molar-refractivity contribution in [3.63, 3.8) is 0 Å². The summed E-state index contributed by atoms with van der Waals surface area (Å²) in [5, 5.41) is 4.77. The Morgan fingerprint density at radius 1 is 1.32 bits per heavy atom. The number of nitrogens with zero attached hydrogens (tertiary/aromatic N) is 4. The van der Waals surface area contributed by atoms with Gasteiger partial charge in [0.1, 0.15) is 5.82 Å². The predicted octanol–water partition coefficient (Wildman–Crippen LogP) is 2.77. The highest BCUT2D eigenvalue weighted by Crippen LogP contribution is 2.31. The van der Waals surface area contributed by atoms with Gasteiger partial charge in [-0.15, -0.1) is 0 Å². The van der Waals surface area contributed by atoms with E-state index in [1.54, 1.807) is 6.07 Å². The number of H-pyrrole nitrogens is 1. The fraction of sp³-hybridized carbons (Fsp3) is 0.444.